The molecule has 0 aliphatic carbocycles. The summed E-state index contributed by atoms with van der Waals surface area (Å²) >= 11 is 0. The van der Waals surface area contributed by atoms with E-state index in [1.165, 1.54) is 176 Å². The smallest absolute Gasteiger partial charge is 0.399 e. The van der Waals surface area contributed by atoms with Crippen molar-refractivity contribution in [3.05, 3.63) is 117 Å². The quantitative estimate of drug-likeness (QED) is 0.0199. The zero-order chi connectivity index (χ0) is 57.2. The highest BCUT2D eigenvalue weighted by Gasteiger charge is 2.53. The summed E-state index contributed by atoms with van der Waals surface area (Å²) in [7, 11) is -1.05. The maximum absolute atomic E-state index is 6.74. The number of aryl methyl sites for hydroxylation is 4. The van der Waals surface area contributed by atoms with Crippen LogP contribution in [0.5, 0.6) is 0 Å². The molecular formula is C74H104B2O4. The van der Waals surface area contributed by atoms with Crippen molar-refractivity contribution in [1.29, 1.82) is 0 Å². The highest BCUT2D eigenvalue weighted by molar-refractivity contribution is 6.63. The maximum Gasteiger partial charge on any atom is 0.494 e. The van der Waals surface area contributed by atoms with Crippen molar-refractivity contribution in [3.63, 3.8) is 0 Å². The van der Waals surface area contributed by atoms with Crippen LogP contribution in [0.4, 0.5) is 0 Å². The Hall–Kier alpha value is -4.29. The number of fused-ring (bicyclic) bond motifs is 2. The van der Waals surface area contributed by atoms with Crippen molar-refractivity contribution in [3.8, 4) is 23.7 Å². The van der Waals surface area contributed by atoms with Gasteiger partial charge in [-0.1, -0.05) is 228 Å². The summed E-state index contributed by atoms with van der Waals surface area (Å²) in [5.74, 6) is 15.3. The molecule has 0 bridgehead atoms. The van der Waals surface area contributed by atoms with E-state index in [2.05, 4.69) is 180 Å². The van der Waals surface area contributed by atoms with Crippen LogP contribution in [0.15, 0.2) is 72.8 Å². The molecule has 0 unspecified atom stereocenters. The number of unbranched alkanes of at least 4 members (excludes halogenated alkanes) is 20. The zero-order valence-corrected chi connectivity index (χ0v) is 52.5. The Balaban J connectivity index is 1.36. The van der Waals surface area contributed by atoms with Gasteiger partial charge in [0.25, 0.3) is 0 Å². The van der Waals surface area contributed by atoms with Gasteiger partial charge in [0.1, 0.15) is 0 Å². The standard InChI is InChI=1S/C74H104B2O4/c1-13-17-21-25-29-33-37-59-45-41-57(53-61(59)39-35-31-27-23-19-15-3)43-49-65-67-51-47-64(76-79-73(9,10)74(11,12)80-76)56-70(67)66(68-52-48-63(55-69(65)68)75-77-71(5,6)72(7,8)78-75)50-44-58-42-46-60(38-34-30-26-22-18-14-2)62(54-58)40-36-32-28-24-20-16-4/h41-42,45-48,51-56H,13-40H2,1-12H3. The van der Waals surface area contributed by atoms with Crippen LogP contribution in [-0.2, 0) is 44.3 Å². The fourth-order valence-corrected chi connectivity index (χ4v) is 11.8. The van der Waals surface area contributed by atoms with Gasteiger partial charge < -0.3 is 18.6 Å². The van der Waals surface area contributed by atoms with Crippen molar-refractivity contribution < 1.29 is 18.6 Å². The topological polar surface area (TPSA) is 36.9 Å². The SMILES string of the molecule is CCCCCCCCc1ccc(C#Cc2c3ccc(B4OC(C)(C)C(C)(C)O4)cc3c(C#Cc3ccc(CCCCCCCC)c(CCCCCCCC)c3)c3ccc(B4OC(C)(C)C(C)(C)O4)cc23)cc1CCCCCCCC. The monoisotopic (exact) mass is 1080 g/mol. The second kappa shape index (κ2) is 30.3. The second-order valence-electron chi connectivity index (χ2n) is 26.1. The Kier molecular flexibility index (Phi) is 24.0. The van der Waals surface area contributed by atoms with Crippen molar-refractivity contribution in [2.75, 3.05) is 0 Å². The van der Waals surface area contributed by atoms with Crippen molar-refractivity contribution in [1.82, 2.24) is 0 Å². The second-order valence-corrected chi connectivity index (χ2v) is 26.1. The third-order valence-corrected chi connectivity index (χ3v) is 18.5. The van der Waals surface area contributed by atoms with Gasteiger partial charge in [0.15, 0.2) is 0 Å². The third-order valence-electron chi connectivity index (χ3n) is 18.5. The van der Waals surface area contributed by atoms with Crippen LogP contribution in [-0.4, -0.2) is 36.6 Å². The van der Waals surface area contributed by atoms with Gasteiger partial charge in [-0.15, -0.1) is 0 Å². The Labute approximate surface area is 489 Å². The lowest BCUT2D eigenvalue weighted by Crippen LogP contribution is -2.41. The number of rotatable bonds is 30. The first-order chi connectivity index (χ1) is 38.5. The summed E-state index contributed by atoms with van der Waals surface area (Å²) in [6.07, 6.45) is 35.7. The van der Waals surface area contributed by atoms with Crippen LogP contribution in [0, 0.1) is 23.7 Å². The number of benzene rings is 5. The van der Waals surface area contributed by atoms with Gasteiger partial charge in [-0.2, -0.15) is 0 Å². The van der Waals surface area contributed by atoms with Gasteiger partial charge in [-0.3, -0.25) is 0 Å². The molecule has 0 aromatic heterocycles. The molecule has 2 heterocycles. The van der Waals surface area contributed by atoms with Gasteiger partial charge in [0, 0.05) is 22.3 Å². The molecule has 0 N–H and O–H groups in total. The summed E-state index contributed by atoms with van der Waals surface area (Å²) in [4.78, 5) is 0. The highest BCUT2D eigenvalue weighted by Crippen LogP contribution is 2.40. The average Bonchev–Trinajstić information content (AvgIpc) is 3.87. The molecule has 0 radical (unpaired) electrons. The van der Waals surface area contributed by atoms with E-state index < -0.39 is 36.6 Å². The molecule has 2 aliphatic rings. The molecule has 7 rings (SSSR count). The summed E-state index contributed by atoms with van der Waals surface area (Å²) < 4.78 is 27.0. The maximum atomic E-state index is 6.74. The number of hydrogen-bond acceptors (Lipinski definition) is 4. The van der Waals surface area contributed by atoms with E-state index in [0.29, 0.717) is 0 Å². The summed E-state index contributed by atoms with van der Waals surface area (Å²) in [5, 5.41) is 4.22. The fourth-order valence-electron chi connectivity index (χ4n) is 11.8. The average molecular weight is 1080 g/mol. The van der Waals surface area contributed by atoms with Crippen LogP contribution >= 0.6 is 0 Å². The molecule has 0 spiro atoms. The van der Waals surface area contributed by atoms with E-state index in [4.69, 9.17) is 18.6 Å². The Bertz CT molecular complexity index is 2670. The Morgan fingerprint density at radius 3 is 0.900 bits per heavy atom. The van der Waals surface area contributed by atoms with E-state index in [1.54, 1.807) is 0 Å². The minimum absolute atomic E-state index is 0.480. The van der Waals surface area contributed by atoms with Crippen LogP contribution in [0.25, 0.3) is 21.5 Å². The Morgan fingerprint density at radius 2 is 0.588 bits per heavy atom. The lowest BCUT2D eigenvalue weighted by Gasteiger charge is -2.32. The highest BCUT2D eigenvalue weighted by atomic mass is 16.7. The molecule has 4 nitrogen and oxygen atoms in total. The van der Waals surface area contributed by atoms with Gasteiger partial charge in [-0.25, -0.2) is 0 Å². The van der Waals surface area contributed by atoms with E-state index in [9.17, 15) is 0 Å². The minimum atomic E-state index is -0.523. The third kappa shape index (κ3) is 16.9. The van der Waals surface area contributed by atoms with Gasteiger partial charge >= 0.3 is 14.2 Å². The van der Waals surface area contributed by atoms with Crippen LogP contribution < -0.4 is 10.9 Å². The van der Waals surface area contributed by atoms with Crippen LogP contribution in [0.2, 0.25) is 0 Å². The van der Waals surface area contributed by atoms with Crippen molar-refractivity contribution >= 4 is 46.7 Å². The first-order valence-electron chi connectivity index (χ1n) is 32.5. The van der Waals surface area contributed by atoms with E-state index in [-0.39, 0.29) is 0 Å². The van der Waals surface area contributed by atoms with Crippen LogP contribution in [0.1, 0.15) is 282 Å². The first-order valence-corrected chi connectivity index (χ1v) is 32.5. The summed E-state index contributed by atoms with van der Waals surface area (Å²) in [5.41, 5.74) is 10.1. The molecule has 6 heteroatoms. The molecule has 5 aromatic rings. The van der Waals surface area contributed by atoms with Gasteiger partial charge in [-0.05, 0) is 186 Å². The Morgan fingerprint density at radius 1 is 0.300 bits per heavy atom. The van der Waals surface area contributed by atoms with Gasteiger partial charge in [0.2, 0.25) is 0 Å². The predicted molar refractivity (Wildman–Crippen MR) is 346 cm³/mol. The molecular weight excluding hydrogens is 974 g/mol. The van der Waals surface area contributed by atoms with Crippen molar-refractivity contribution in [2.45, 2.75) is 285 Å². The molecule has 0 amide bonds. The van der Waals surface area contributed by atoms with E-state index in [1.807, 2.05) is 0 Å². The molecule has 2 fully saturated rings. The van der Waals surface area contributed by atoms with Crippen LogP contribution in [0.3, 0.4) is 0 Å². The predicted octanol–water partition coefficient (Wildman–Crippen LogP) is 19.0. The molecule has 0 saturated carbocycles. The molecule has 0 atom stereocenters. The normalized spacial score (nSPS) is 16.1. The largest absolute Gasteiger partial charge is 0.494 e. The minimum Gasteiger partial charge on any atom is -0.399 e. The molecule has 5 aromatic carbocycles. The molecule has 2 aliphatic heterocycles. The first kappa shape index (κ1) is 63.3. The zero-order valence-electron chi connectivity index (χ0n) is 52.5. The molecule has 2 saturated heterocycles. The van der Waals surface area contributed by atoms with Crippen molar-refractivity contribution in [2.24, 2.45) is 0 Å². The van der Waals surface area contributed by atoms with E-state index >= 15 is 0 Å². The fraction of sp³-hybridized carbons (Fsp3) is 0.595. The van der Waals surface area contributed by atoms with Gasteiger partial charge in [0.05, 0.1) is 22.4 Å². The molecule has 430 valence electrons. The van der Waals surface area contributed by atoms with E-state index in [0.717, 1.165) is 80.4 Å². The lowest BCUT2D eigenvalue weighted by atomic mass is 9.75. The summed E-state index contributed by atoms with van der Waals surface area (Å²) in [6, 6.07) is 27.6. The lowest BCUT2D eigenvalue weighted by molar-refractivity contribution is 0.00578. The molecule has 80 heavy (non-hydrogen) atoms. The summed E-state index contributed by atoms with van der Waals surface area (Å²) in [6.45, 7) is 26.2. The number of hydrogen-bond donors (Lipinski definition) is 0.